The summed E-state index contributed by atoms with van der Waals surface area (Å²) in [5, 5.41) is 3.16. The fourth-order valence-corrected chi connectivity index (χ4v) is 2.53. The topological polar surface area (TPSA) is 67.9 Å². The third-order valence-electron chi connectivity index (χ3n) is 2.84. The SMILES string of the molecule is CCOC(=O)CN(CCOC)CC(=O)Nc1ccc(Br)cc1Cl. The lowest BCUT2D eigenvalue weighted by Gasteiger charge is -2.20. The first-order valence-electron chi connectivity index (χ1n) is 7.08. The Balaban J connectivity index is 2.62. The molecule has 0 heterocycles. The van der Waals surface area contributed by atoms with E-state index in [1.54, 1.807) is 37.1 Å². The maximum absolute atomic E-state index is 12.1. The van der Waals surface area contributed by atoms with Crippen LogP contribution in [0.4, 0.5) is 5.69 Å². The fourth-order valence-electron chi connectivity index (χ4n) is 1.81. The Hall–Kier alpha value is -1.15. The van der Waals surface area contributed by atoms with Crippen molar-refractivity contribution in [2.24, 2.45) is 0 Å². The molecule has 0 aliphatic heterocycles. The van der Waals surface area contributed by atoms with Crippen LogP contribution in [-0.4, -0.2) is 56.7 Å². The van der Waals surface area contributed by atoms with Gasteiger partial charge in [0.25, 0.3) is 0 Å². The molecule has 1 aromatic rings. The van der Waals surface area contributed by atoms with Crippen LogP contribution in [0.5, 0.6) is 0 Å². The monoisotopic (exact) mass is 406 g/mol. The number of hydrogen-bond acceptors (Lipinski definition) is 5. The molecule has 0 fully saturated rings. The fraction of sp³-hybridized carbons (Fsp3) is 0.467. The van der Waals surface area contributed by atoms with Gasteiger partial charge in [0.2, 0.25) is 5.91 Å². The van der Waals surface area contributed by atoms with Crippen LogP contribution in [0.3, 0.4) is 0 Å². The number of hydrogen-bond donors (Lipinski definition) is 1. The minimum Gasteiger partial charge on any atom is -0.465 e. The zero-order valence-electron chi connectivity index (χ0n) is 13.1. The number of carbonyl (C=O) groups excluding carboxylic acids is 2. The van der Waals surface area contributed by atoms with E-state index >= 15 is 0 Å². The number of carbonyl (C=O) groups is 2. The second-order valence-corrected chi connectivity index (χ2v) is 6.00. The molecule has 128 valence electrons. The zero-order valence-corrected chi connectivity index (χ0v) is 15.4. The molecular formula is C15H20BrClN2O4. The molecule has 8 heteroatoms. The van der Waals surface area contributed by atoms with Crippen molar-refractivity contribution >= 4 is 45.1 Å². The summed E-state index contributed by atoms with van der Waals surface area (Å²) in [5.74, 6) is -0.646. The Bertz CT molecular complexity index is 542. The second-order valence-electron chi connectivity index (χ2n) is 4.68. The van der Waals surface area contributed by atoms with E-state index < -0.39 is 0 Å². The molecule has 0 aliphatic carbocycles. The normalized spacial score (nSPS) is 10.7. The van der Waals surface area contributed by atoms with Gasteiger partial charge in [0.05, 0.1) is 37.0 Å². The number of amides is 1. The minimum absolute atomic E-state index is 0.0265. The van der Waals surface area contributed by atoms with Gasteiger partial charge in [0.15, 0.2) is 0 Å². The van der Waals surface area contributed by atoms with Gasteiger partial charge in [-0.3, -0.25) is 14.5 Å². The molecule has 0 aliphatic rings. The first-order chi connectivity index (χ1) is 11.0. The molecule has 0 aromatic heterocycles. The maximum atomic E-state index is 12.1. The highest BCUT2D eigenvalue weighted by atomic mass is 79.9. The summed E-state index contributed by atoms with van der Waals surface area (Å²) in [6.45, 7) is 2.95. The number of anilines is 1. The van der Waals surface area contributed by atoms with Crippen molar-refractivity contribution in [3.8, 4) is 0 Å². The Morgan fingerprint density at radius 3 is 2.70 bits per heavy atom. The number of ether oxygens (including phenoxy) is 2. The molecule has 0 saturated carbocycles. The standard InChI is InChI=1S/C15H20BrClN2O4/c1-3-23-15(21)10-19(6-7-22-2)9-14(20)18-13-5-4-11(16)8-12(13)17/h4-5,8H,3,6-7,9-10H2,1-2H3,(H,18,20). The van der Waals surface area contributed by atoms with Crippen molar-refractivity contribution in [1.29, 1.82) is 0 Å². The lowest BCUT2D eigenvalue weighted by Crippen LogP contribution is -2.39. The van der Waals surface area contributed by atoms with Gasteiger partial charge in [-0.25, -0.2) is 0 Å². The van der Waals surface area contributed by atoms with Gasteiger partial charge in [-0.2, -0.15) is 0 Å². The summed E-state index contributed by atoms with van der Waals surface area (Å²) in [6, 6.07) is 5.18. The Labute approximate surface area is 149 Å². The molecule has 1 rings (SSSR count). The molecule has 23 heavy (non-hydrogen) atoms. The largest absolute Gasteiger partial charge is 0.465 e. The highest BCUT2D eigenvalue weighted by Crippen LogP contribution is 2.25. The van der Waals surface area contributed by atoms with E-state index in [1.807, 2.05) is 0 Å². The molecule has 6 nitrogen and oxygen atoms in total. The predicted molar refractivity (Wildman–Crippen MR) is 92.7 cm³/mol. The Kier molecular flexibility index (Phi) is 9.16. The van der Waals surface area contributed by atoms with Crippen LogP contribution in [0.15, 0.2) is 22.7 Å². The van der Waals surface area contributed by atoms with Gasteiger partial charge in [-0.1, -0.05) is 27.5 Å². The molecular weight excluding hydrogens is 388 g/mol. The first-order valence-corrected chi connectivity index (χ1v) is 8.25. The molecule has 0 saturated heterocycles. The number of benzene rings is 1. The summed E-state index contributed by atoms with van der Waals surface area (Å²) in [5.41, 5.74) is 0.516. The molecule has 0 bridgehead atoms. The van der Waals surface area contributed by atoms with E-state index in [0.717, 1.165) is 4.47 Å². The highest BCUT2D eigenvalue weighted by Gasteiger charge is 2.16. The molecule has 1 amide bonds. The van der Waals surface area contributed by atoms with Gasteiger partial charge in [0, 0.05) is 18.1 Å². The molecule has 1 N–H and O–H groups in total. The van der Waals surface area contributed by atoms with Crippen molar-refractivity contribution in [2.45, 2.75) is 6.92 Å². The number of methoxy groups -OCH3 is 1. The minimum atomic E-state index is -0.377. The summed E-state index contributed by atoms with van der Waals surface area (Å²) < 4.78 is 10.7. The second kappa shape index (κ2) is 10.6. The summed E-state index contributed by atoms with van der Waals surface area (Å²) in [7, 11) is 1.56. The smallest absolute Gasteiger partial charge is 0.320 e. The third kappa shape index (κ3) is 7.78. The first kappa shape index (κ1) is 19.9. The molecule has 0 unspecified atom stereocenters. The number of rotatable bonds is 9. The number of esters is 1. The van der Waals surface area contributed by atoms with Gasteiger partial charge in [-0.15, -0.1) is 0 Å². The van der Waals surface area contributed by atoms with Crippen molar-refractivity contribution < 1.29 is 19.1 Å². The number of halogens is 2. The van der Waals surface area contributed by atoms with Crippen LogP contribution < -0.4 is 5.32 Å². The van der Waals surface area contributed by atoms with Crippen LogP contribution >= 0.6 is 27.5 Å². The number of nitrogens with zero attached hydrogens (tertiary/aromatic N) is 1. The zero-order chi connectivity index (χ0) is 17.2. The van der Waals surface area contributed by atoms with E-state index in [1.165, 1.54) is 0 Å². The van der Waals surface area contributed by atoms with Crippen molar-refractivity contribution in [2.75, 3.05) is 45.3 Å². The Morgan fingerprint density at radius 1 is 1.35 bits per heavy atom. The lowest BCUT2D eigenvalue weighted by atomic mass is 10.3. The molecule has 0 radical (unpaired) electrons. The van der Waals surface area contributed by atoms with Gasteiger partial charge in [0.1, 0.15) is 0 Å². The van der Waals surface area contributed by atoms with Crippen LogP contribution in [0.2, 0.25) is 5.02 Å². The Morgan fingerprint density at radius 2 is 2.09 bits per heavy atom. The van der Waals surface area contributed by atoms with E-state index in [0.29, 0.717) is 30.5 Å². The average molecular weight is 408 g/mol. The average Bonchev–Trinajstić information content (AvgIpc) is 2.48. The predicted octanol–water partition coefficient (Wildman–Crippen LogP) is 2.55. The quantitative estimate of drug-likeness (QED) is 0.637. The van der Waals surface area contributed by atoms with Crippen molar-refractivity contribution in [3.63, 3.8) is 0 Å². The van der Waals surface area contributed by atoms with Gasteiger partial charge < -0.3 is 14.8 Å². The summed E-state index contributed by atoms with van der Waals surface area (Å²) >= 11 is 9.37. The summed E-state index contributed by atoms with van der Waals surface area (Å²) in [4.78, 5) is 25.4. The van der Waals surface area contributed by atoms with E-state index in [2.05, 4.69) is 21.2 Å². The van der Waals surface area contributed by atoms with Crippen molar-refractivity contribution in [3.05, 3.63) is 27.7 Å². The molecule has 0 atom stereocenters. The lowest BCUT2D eigenvalue weighted by molar-refractivity contribution is -0.144. The van der Waals surface area contributed by atoms with Crippen LogP contribution in [-0.2, 0) is 19.1 Å². The molecule has 0 spiro atoms. The van der Waals surface area contributed by atoms with E-state index in [4.69, 9.17) is 21.1 Å². The summed E-state index contributed by atoms with van der Waals surface area (Å²) in [6.07, 6.45) is 0. The van der Waals surface area contributed by atoms with Gasteiger partial charge >= 0.3 is 5.97 Å². The van der Waals surface area contributed by atoms with Gasteiger partial charge in [-0.05, 0) is 25.1 Å². The van der Waals surface area contributed by atoms with E-state index in [9.17, 15) is 9.59 Å². The van der Waals surface area contributed by atoms with Crippen LogP contribution in [0.25, 0.3) is 0 Å². The number of nitrogens with one attached hydrogen (secondary N) is 1. The van der Waals surface area contributed by atoms with Crippen LogP contribution in [0, 0.1) is 0 Å². The molecule has 1 aromatic carbocycles. The third-order valence-corrected chi connectivity index (χ3v) is 3.65. The van der Waals surface area contributed by atoms with Crippen LogP contribution in [0.1, 0.15) is 6.92 Å². The maximum Gasteiger partial charge on any atom is 0.320 e. The highest BCUT2D eigenvalue weighted by molar-refractivity contribution is 9.10. The van der Waals surface area contributed by atoms with Crippen molar-refractivity contribution in [1.82, 2.24) is 4.90 Å². The van der Waals surface area contributed by atoms with E-state index in [-0.39, 0.29) is 25.0 Å².